The Morgan fingerprint density at radius 3 is 2.76 bits per heavy atom. The van der Waals surface area contributed by atoms with Crippen molar-refractivity contribution in [2.75, 3.05) is 6.61 Å². The number of carbonyl (C=O) groups is 2. The number of Topliss-reactive ketones (excluding diaryl/α,β-unsaturated/α-hetero) is 1. The number of ether oxygens (including phenoxy) is 2. The minimum atomic E-state index is -4.98. The third-order valence-corrected chi connectivity index (χ3v) is 11.6. The largest absolute Gasteiger partial charge is 0.705 e. The molecule has 11 nitrogen and oxygen atoms in total. The fourth-order valence-electron chi connectivity index (χ4n) is 8.36. The minimum absolute atomic E-state index is 0.0162. The van der Waals surface area contributed by atoms with Gasteiger partial charge in [-0.25, -0.2) is 4.57 Å². The highest BCUT2D eigenvalue weighted by Gasteiger charge is 2.75. The van der Waals surface area contributed by atoms with E-state index >= 15 is 0 Å². The summed E-state index contributed by atoms with van der Waals surface area (Å²) in [6.45, 7) is 5.05. The molecule has 0 spiro atoms. The van der Waals surface area contributed by atoms with Crippen LogP contribution in [0.1, 0.15) is 59.3 Å². The van der Waals surface area contributed by atoms with Crippen molar-refractivity contribution in [2.45, 2.75) is 83.4 Å². The summed E-state index contributed by atoms with van der Waals surface area (Å²) in [5, 5.41) is 11.7. The zero-order chi connectivity index (χ0) is 27.7. The quantitative estimate of drug-likeness (QED) is 0.364. The van der Waals surface area contributed by atoms with Crippen LogP contribution in [0, 0.1) is 28.6 Å². The average Bonchev–Trinajstić information content (AvgIpc) is 3.29. The second-order valence-electron chi connectivity index (χ2n) is 11.6. The monoisotopic (exact) mass is 573 g/mol. The highest BCUT2D eigenvalue weighted by Crippen LogP contribution is 2.70. The summed E-state index contributed by atoms with van der Waals surface area (Å²) in [4.78, 5) is 44.6. The van der Waals surface area contributed by atoms with Gasteiger partial charge in [0, 0.05) is 21.3 Å². The second kappa shape index (κ2) is 9.75. The molecular weight excluding hydrogens is 538 g/mol. The number of hydrogen-bond acceptors (Lipinski definition) is 9. The molecule has 0 bridgehead atoms. The van der Waals surface area contributed by atoms with E-state index in [0.29, 0.717) is 19.3 Å². The molecule has 0 aromatic rings. The van der Waals surface area contributed by atoms with E-state index in [1.54, 1.807) is 12.2 Å². The van der Waals surface area contributed by atoms with Crippen molar-refractivity contribution >= 4 is 27.6 Å². The maximum absolute atomic E-state index is 13.9. The fourth-order valence-corrected chi connectivity index (χ4v) is 9.54. The summed E-state index contributed by atoms with van der Waals surface area (Å²) in [6, 6.07) is 0. The van der Waals surface area contributed by atoms with Crippen molar-refractivity contribution in [1.82, 2.24) is 0 Å². The van der Waals surface area contributed by atoms with Crippen LogP contribution in [0.3, 0.4) is 0 Å². The molecule has 5 rings (SSSR count). The van der Waals surface area contributed by atoms with Crippen molar-refractivity contribution in [3.8, 4) is 0 Å². The van der Waals surface area contributed by atoms with Gasteiger partial charge in [0.2, 0.25) is 0 Å². The van der Waals surface area contributed by atoms with E-state index in [-0.39, 0.29) is 30.0 Å². The minimum Gasteiger partial charge on any atom is -0.393 e. The van der Waals surface area contributed by atoms with Gasteiger partial charge in [0.25, 0.3) is 0 Å². The lowest BCUT2D eigenvalue weighted by Crippen LogP contribution is -2.63. The van der Waals surface area contributed by atoms with Gasteiger partial charge in [-0.05, 0) is 60.4 Å². The van der Waals surface area contributed by atoms with E-state index in [0.717, 1.165) is 18.4 Å². The molecular formula is C25H35O11P2+. The number of hydrogen-bond donors (Lipinski definition) is 3. The topological polar surface area (TPSA) is 166 Å². The number of fused-ring (bicyclic) bond motifs is 7. The summed E-state index contributed by atoms with van der Waals surface area (Å²) in [7, 11) is -8.40. The molecule has 11 atom stereocenters. The second-order valence-corrected chi connectivity index (χ2v) is 14.0. The Morgan fingerprint density at radius 1 is 1.34 bits per heavy atom. The van der Waals surface area contributed by atoms with Crippen LogP contribution in [-0.4, -0.2) is 57.2 Å². The molecule has 3 N–H and O–H groups in total. The van der Waals surface area contributed by atoms with E-state index in [1.165, 1.54) is 0 Å². The predicted molar refractivity (Wildman–Crippen MR) is 132 cm³/mol. The van der Waals surface area contributed by atoms with Gasteiger partial charge in [-0.15, -0.1) is 4.89 Å². The first-order chi connectivity index (χ1) is 17.8. The van der Waals surface area contributed by atoms with E-state index in [1.807, 2.05) is 19.9 Å². The lowest BCUT2D eigenvalue weighted by atomic mass is 9.46. The number of ketones is 2. The Morgan fingerprint density at radius 2 is 2.08 bits per heavy atom. The normalized spacial score (nSPS) is 45.4. The molecule has 1 heterocycles. The molecule has 38 heavy (non-hydrogen) atoms. The summed E-state index contributed by atoms with van der Waals surface area (Å²) in [6.07, 6.45) is 6.49. The summed E-state index contributed by atoms with van der Waals surface area (Å²) >= 11 is 0. The fraction of sp³-hybridized carbons (Fsp3) is 0.760. The third-order valence-electron chi connectivity index (χ3n) is 9.76. The zero-order valence-corrected chi connectivity index (χ0v) is 23.4. The van der Waals surface area contributed by atoms with Gasteiger partial charge < -0.3 is 14.6 Å². The van der Waals surface area contributed by atoms with Crippen LogP contribution in [0.25, 0.3) is 0 Å². The van der Waals surface area contributed by atoms with E-state index < -0.39 is 63.4 Å². The van der Waals surface area contributed by atoms with Crippen LogP contribution in [-0.2, 0) is 37.0 Å². The van der Waals surface area contributed by atoms with Crippen molar-refractivity contribution in [1.29, 1.82) is 0 Å². The molecule has 5 aliphatic rings. The van der Waals surface area contributed by atoms with Gasteiger partial charge in [0.05, 0.1) is 12.2 Å². The van der Waals surface area contributed by atoms with Crippen LogP contribution < -0.4 is 0 Å². The molecule has 1 saturated heterocycles. The summed E-state index contributed by atoms with van der Waals surface area (Å²) in [5.74, 6) is -0.895. The molecule has 0 aromatic heterocycles. The van der Waals surface area contributed by atoms with Crippen LogP contribution in [0.15, 0.2) is 23.8 Å². The molecule has 0 aromatic carbocycles. The molecule has 210 valence electrons. The van der Waals surface area contributed by atoms with Gasteiger partial charge in [-0.2, -0.15) is 0 Å². The highest BCUT2D eigenvalue weighted by molar-refractivity contribution is 7.55. The highest BCUT2D eigenvalue weighted by atomic mass is 31.2. The number of carbonyl (C=O) groups excluding carboxylic acids is 2. The number of rotatable bonds is 8. The Bertz CT molecular complexity index is 1150. The average molecular weight is 573 g/mol. The predicted octanol–water partition coefficient (Wildman–Crippen LogP) is 3.51. The lowest BCUT2D eigenvalue weighted by Gasteiger charge is -2.59. The van der Waals surface area contributed by atoms with E-state index in [2.05, 4.69) is 11.2 Å². The molecule has 4 aliphatic carbocycles. The third kappa shape index (κ3) is 4.26. The van der Waals surface area contributed by atoms with Gasteiger partial charge in [0.15, 0.2) is 23.5 Å². The SMILES string of the molecule is CCCC1O[C@@H]2C[C@H]3[C@@H]4CCC5=CC(=O)C=C[C@]5(C)[C@H]4[C@@H](O)C[C@]3(C)[C@]2(C(=O)COP(=O)(O)O[P+](=O)O)O1. The van der Waals surface area contributed by atoms with Crippen LogP contribution in [0.5, 0.6) is 0 Å². The smallest absolute Gasteiger partial charge is 0.393 e. The molecule has 4 fully saturated rings. The number of allylic oxidation sites excluding steroid dienone is 4. The van der Waals surface area contributed by atoms with Crippen LogP contribution in [0.2, 0.25) is 0 Å². The van der Waals surface area contributed by atoms with Crippen molar-refractivity contribution < 1.29 is 51.9 Å². The maximum Gasteiger partial charge on any atom is 0.705 e. The van der Waals surface area contributed by atoms with Crippen molar-refractivity contribution in [2.24, 2.45) is 28.6 Å². The number of aliphatic hydroxyl groups is 1. The Labute approximate surface area is 222 Å². The first-order valence-corrected chi connectivity index (χ1v) is 15.7. The Kier molecular flexibility index (Phi) is 7.29. The summed E-state index contributed by atoms with van der Waals surface area (Å²) < 4.78 is 44.5. The first kappa shape index (κ1) is 28.4. The van der Waals surface area contributed by atoms with Crippen molar-refractivity contribution in [3.63, 3.8) is 0 Å². The van der Waals surface area contributed by atoms with Crippen LogP contribution in [0.4, 0.5) is 0 Å². The van der Waals surface area contributed by atoms with Gasteiger partial charge in [0.1, 0.15) is 6.61 Å². The van der Waals surface area contributed by atoms with Gasteiger partial charge in [-0.1, -0.05) is 38.8 Å². The molecule has 3 saturated carbocycles. The Hall–Kier alpha value is -1.13. The molecule has 1 aliphatic heterocycles. The van der Waals surface area contributed by atoms with Crippen LogP contribution >= 0.6 is 16.1 Å². The lowest BCUT2D eigenvalue weighted by molar-refractivity contribution is -0.200. The van der Waals surface area contributed by atoms with E-state index in [4.69, 9.17) is 18.9 Å². The molecule has 0 radical (unpaired) electrons. The molecule has 13 heteroatoms. The standard InChI is InChI=1S/C25H34O11P2/c1-4-5-21-34-20-11-17-16-7-6-14-10-15(26)8-9-23(14,2)22(16)18(27)12-24(17,3)25(20,35-21)19(28)13-33-38(31,32)36-37(29)30/h8-10,16-18,20-22,27H,4-7,11-13H2,1-3H3,(H-,29,30,31,32)/p+1/t16-,17-,18-,20+,21?,22+,23-,24-,25+/m0/s1. The Balaban J connectivity index is 1.49. The van der Waals surface area contributed by atoms with E-state index in [9.17, 15) is 28.7 Å². The number of phosphoric ester groups is 1. The van der Waals surface area contributed by atoms with Gasteiger partial charge >= 0.3 is 16.1 Å². The first-order valence-electron chi connectivity index (χ1n) is 13.1. The molecule has 3 unspecified atom stereocenters. The number of phosphoric acid groups is 1. The zero-order valence-electron chi connectivity index (χ0n) is 21.6. The van der Waals surface area contributed by atoms with Crippen molar-refractivity contribution in [3.05, 3.63) is 23.8 Å². The van der Waals surface area contributed by atoms with Gasteiger partial charge in [-0.3, -0.25) is 19.0 Å². The number of aliphatic hydroxyl groups excluding tert-OH is 1. The molecule has 0 amide bonds. The summed E-state index contributed by atoms with van der Waals surface area (Å²) in [5.41, 5.74) is -1.89. The maximum atomic E-state index is 13.9.